The van der Waals surface area contributed by atoms with Crippen molar-refractivity contribution in [2.45, 2.75) is 25.8 Å². The first kappa shape index (κ1) is 14.5. The Kier molecular flexibility index (Phi) is 5.56. The molecule has 0 fully saturated rings. The van der Waals surface area contributed by atoms with Gasteiger partial charge in [0, 0.05) is 6.20 Å². The molecule has 0 aliphatic carbocycles. The van der Waals surface area contributed by atoms with Gasteiger partial charge in [-0.1, -0.05) is 37.3 Å². The monoisotopic (exact) mass is 270 g/mol. The minimum absolute atomic E-state index is 0.175. The standard InChI is InChI=1S/C17H22N2O/c1-3-11-18-15(13-14-8-5-4-6-9-14)17-16(20-2)10-7-12-19-17/h4-10,12,15,18H,3,11,13H2,1-2H3. The number of hydrogen-bond donors (Lipinski definition) is 1. The van der Waals surface area contributed by atoms with Crippen LogP contribution in [-0.4, -0.2) is 18.6 Å². The van der Waals surface area contributed by atoms with Gasteiger partial charge < -0.3 is 10.1 Å². The fraction of sp³-hybridized carbons (Fsp3) is 0.353. The van der Waals surface area contributed by atoms with Gasteiger partial charge in [0.15, 0.2) is 0 Å². The maximum atomic E-state index is 5.44. The van der Waals surface area contributed by atoms with Gasteiger partial charge in [0.1, 0.15) is 5.75 Å². The molecule has 1 aromatic carbocycles. The van der Waals surface area contributed by atoms with Gasteiger partial charge in [0.05, 0.1) is 18.8 Å². The molecule has 20 heavy (non-hydrogen) atoms. The largest absolute Gasteiger partial charge is 0.495 e. The van der Waals surface area contributed by atoms with Crippen LogP contribution in [0, 0.1) is 0 Å². The smallest absolute Gasteiger partial charge is 0.141 e. The first-order valence-corrected chi connectivity index (χ1v) is 7.11. The third kappa shape index (κ3) is 3.81. The zero-order valence-corrected chi connectivity index (χ0v) is 12.2. The van der Waals surface area contributed by atoms with E-state index >= 15 is 0 Å². The molecule has 0 saturated heterocycles. The third-order valence-corrected chi connectivity index (χ3v) is 3.27. The van der Waals surface area contributed by atoms with Gasteiger partial charge in [-0.05, 0) is 37.1 Å². The number of hydrogen-bond acceptors (Lipinski definition) is 3. The van der Waals surface area contributed by atoms with E-state index in [4.69, 9.17) is 4.74 Å². The topological polar surface area (TPSA) is 34.2 Å². The highest BCUT2D eigenvalue weighted by atomic mass is 16.5. The van der Waals surface area contributed by atoms with E-state index in [0.29, 0.717) is 0 Å². The highest BCUT2D eigenvalue weighted by molar-refractivity contribution is 5.31. The molecule has 2 aromatic rings. The van der Waals surface area contributed by atoms with Crippen LogP contribution in [0.1, 0.15) is 30.6 Å². The van der Waals surface area contributed by atoms with E-state index in [1.165, 1.54) is 5.56 Å². The van der Waals surface area contributed by atoms with E-state index in [1.54, 1.807) is 7.11 Å². The summed E-state index contributed by atoms with van der Waals surface area (Å²) in [5.41, 5.74) is 2.28. The van der Waals surface area contributed by atoms with Crippen LogP contribution in [-0.2, 0) is 6.42 Å². The van der Waals surface area contributed by atoms with Crippen LogP contribution in [0.2, 0.25) is 0 Å². The molecule has 3 heteroatoms. The lowest BCUT2D eigenvalue weighted by molar-refractivity contribution is 0.393. The molecule has 1 N–H and O–H groups in total. The summed E-state index contributed by atoms with van der Waals surface area (Å²) >= 11 is 0. The molecule has 0 aliphatic heterocycles. The maximum Gasteiger partial charge on any atom is 0.141 e. The number of nitrogens with one attached hydrogen (secondary N) is 1. The van der Waals surface area contributed by atoms with Crippen molar-refractivity contribution in [3.05, 3.63) is 59.9 Å². The molecule has 3 nitrogen and oxygen atoms in total. The molecule has 1 atom stereocenters. The number of aromatic nitrogens is 1. The minimum atomic E-state index is 0.175. The molecule has 1 unspecified atom stereocenters. The second-order valence-corrected chi connectivity index (χ2v) is 4.79. The van der Waals surface area contributed by atoms with Crippen LogP contribution in [0.5, 0.6) is 5.75 Å². The van der Waals surface area contributed by atoms with Gasteiger partial charge in [-0.25, -0.2) is 0 Å². The van der Waals surface area contributed by atoms with Crippen LogP contribution in [0.4, 0.5) is 0 Å². The molecule has 1 aromatic heterocycles. The average Bonchev–Trinajstić information content (AvgIpc) is 2.52. The van der Waals surface area contributed by atoms with E-state index in [2.05, 4.69) is 41.5 Å². The fourth-order valence-corrected chi connectivity index (χ4v) is 2.27. The normalized spacial score (nSPS) is 12.1. The zero-order valence-electron chi connectivity index (χ0n) is 12.2. The summed E-state index contributed by atoms with van der Waals surface area (Å²) in [5.74, 6) is 0.844. The number of methoxy groups -OCH3 is 1. The summed E-state index contributed by atoms with van der Waals surface area (Å²) in [5, 5.41) is 3.57. The summed E-state index contributed by atoms with van der Waals surface area (Å²) in [4.78, 5) is 4.51. The highest BCUT2D eigenvalue weighted by Crippen LogP contribution is 2.25. The van der Waals surface area contributed by atoms with Crippen molar-refractivity contribution in [1.82, 2.24) is 10.3 Å². The SMILES string of the molecule is CCCNC(Cc1ccccc1)c1ncccc1OC. The molecule has 106 valence electrons. The molecule has 0 bridgehead atoms. The lowest BCUT2D eigenvalue weighted by atomic mass is 10.0. The van der Waals surface area contributed by atoms with Crippen molar-refractivity contribution < 1.29 is 4.74 Å². The number of pyridine rings is 1. The van der Waals surface area contributed by atoms with Crippen molar-refractivity contribution in [2.24, 2.45) is 0 Å². The van der Waals surface area contributed by atoms with E-state index in [0.717, 1.165) is 30.8 Å². The fourth-order valence-electron chi connectivity index (χ4n) is 2.27. The van der Waals surface area contributed by atoms with Gasteiger partial charge in [-0.3, -0.25) is 4.98 Å². The Hall–Kier alpha value is -1.87. The van der Waals surface area contributed by atoms with Crippen molar-refractivity contribution >= 4 is 0 Å². The Morgan fingerprint density at radius 1 is 1.15 bits per heavy atom. The Bertz CT molecular complexity index is 513. The Morgan fingerprint density at radius 3 is 2.65 bits per heavy atom. The van der Waals surface area contributed by atoms with Crippen molar-refractivity contribution in [2.75, 3.05) is 13.7 Å². The lowest BCUT2D eigenvalue weighted by Crippen LogP contribution is -2.25. The number of nitrogens with zero attached hydrogens (tertiary/aromatic N) is 1. The van der Waals surface area contributed by atoms with E-state index in [1.807, 2.05) is 24.4 Å². The quantitative estimate of drug-likeness (QED) is 0.837. The molecular weight excluding hydrogens is 248 g/mol. The Morgan fingerprint density at radius 2 is 1.95 bits per heavy atom. The second kappa shape index (κ2) is 7.65. The Balaban J connectivity index is 2.22. The summed E-state index contributed by atoms with van der Waals surface area (Å²) < 4.78 is 5.44. The van der Waals surface area contributed by atoms with Gasteiger partial charge in [0.2, 0.25) is 0 Å². The first-order chi connectivity index (χ1) is 9.85. The predicted octanol–water partition coefficient (Wildman–Crippen LogP) is 3.37. The van der Waals surface area contributed by atoms with E-state index in [-0.39, 0.29) is 6.04 Å². The van der Waals surface area contributed by atoms with Crippen molar-refractivity contribution in [1.29, 1.82) is 0 Å². The molecule has 0 spiro atoms. The lowest BCUT2D eigenvalue weighted by Gasteiger charge is -2.20. The molecule has 1 heterocycles. The van der Waals surface area contributed by atoms with E-state index < -0.39 is 0 Å². The van der Waals surface area contributed by atoms with Gasteiger partial charge in [-0.2, -0.15) is 0 Å². The van der Waals surface area contributed by atoms with Crippen LogP contribution in [0.15, 0.2) is 48.7 Å². The summed E-state index contributed by atoms with van der Waals surface area (Å²) in [6.07, 6.45) is 3.83. The molecule has 2 rings (SSSR count). The minimum Gasteiger partial charge on any atom is -0.495 e. The van der Waals surface area contributed by atoms with Crippen molar-refractivity contribution in [3.8, 4) is 5.75 Å². The van der Waals surface area contributed by atoms with Crippen LogP contribution in [0.25, 0.3) is 0 Å². The average molecular weight is 270 g/mol. The molecular formula is C17H22N2O. The van der Waals surface area contributed by atoms with Crippen LogP contribution in [0.3, 0.4) is 0 Å². The van der Waals surface area contributed by atoms with Gasteiger partial charge in [0.25, 0.3) is 0 Å². The number of rotatable bonds is 7. The predicted molar refractivity (Wildman–Crippen MR) is 82.0 cm³/mol. The van der Waals surface area contributed by atoms with Crippen LogP contribution < -0.4 is 10.1 Å². The van der Waals surface area contributed by atoms with Gasteiger partial charge in [-0.15, -0.1) is 0 Å². The van der Waals surface area contributed by atoms with Gasteiger partial charge >= 0.3 is 0 Å². The number of benzene rings is 1. The maximum absolute atomic E-state index is 5.44. The molecule has 0 saturated carbocycles. The number of ether oxygens (including phenoxy) is 1. The summed E-state index contributed by atoms with van der Waals surface area (Å²) in [6, 6.07) is 14.5. The first-order valence-electron chi connectivity index (χ1n) is 7.11. The van der Waals surface area contributed by atoms with E-state index in [9.17, 15) is 0 Å². The zero-order chi connectivity index (χ0) is 14.2. The summed E-state index contributed by atoms with van der Waals surface area (Å²) in [6.45, 7) is 3.14. The highest BCUT2D eigenvalue weighted by Gasteiger charge is 2.17. The third-order valence-electron chi connectivity index (χ3n) is 3.27. The second-order valence-electron chi connectivity index (χ2n) is 4.79. The molecule has 0 amide bonds. The van der Waals surface area contributed by atoms with Crippen molar-refractivity contribution in [3.63, 3.8) is 0 Å². The summed E-state index contributed by atoms with van der Waals surface area (Å²) in [7, 11) is 1.69. The molecule has 0 radical (unpaired) electrons. The Labute approximate surface area is 121 Å². The van der Waals surface area contributed by atoms with Crippen LogP contribution >= 0.6 is 0 Å². The molecule has 0 aliphatic rings.